The van der Waals surface area contributed by atoms with Gasteiger partial charge < -0.3 is 10.1 Å². The summed E-state index contributed by atoms with van der Waals surface area (Å²) in [4.78, 5) is 12.5. The van der Waals surface area contributed by atoms with Crippen molar-refractivity contribution in [2.24, 2.45) is 0 Å². The van der Waals surface area contributed by atoms with Crippen LogP contribution in [0.4, 0.5) is 0 Å². The average Bonchev–Trinajstić information content (AvgIpc) is 2.54. The maximum absolute atomic E-state index is 12.5. The number of aryl methyl sites for hydroxylation is 4. The third kappa shape index (κ3) is 4.76. The van der Waals surface area contributed by atoms with Gasteiger partial charge >= 0.3 is 0 Å². The molecule has 0 fully saturated rings. The molecular weight excluding hydrogens is 334 g/mol. The average molecular weight is 360 g/mol. The summed E-state index contributed by atoms with van der Waals surface area (Å²) in [5.41, 5.74) is 5.71. The number of amides is 1. The Morgan fingerprint density at radius 1 is 0.960 bits per heavy atom. The van der Waals surface area contributed by atoms with Crippen LogP contribution in [0.1, 0.15) is 47.7 Å². The summed E-state index contributed by atoms with van der Waals surface area (Å²) in [6.07, 6.45) is -0.588. The maximum Gasteiger partial charge on any atom is 0.261 e. The maximum atomic E-state index is 12.5. The molecule has 0 heterocycles. The van der Waals surface area contributed by atoms with E-state index in [0.29, 0.717) is 10.8 Å². The lowest BCUT2D eigenvalue weighted by Gasteiger charge is -2.21. The molecule has 3 nitrogen and oxygen atoms in total. The van der Waals surface area contributed by atoms with Gasteiger partial charge in [-0.05, 0) is 87.6 Å². The molecule has 0 saturated heterocycles. The fraction of sp³-hybridized carbons (Fsp3) is 0.381. The molecule has 1 amide bonds. The molecule has 134 valence electrons. The van der Waals surface area contributed by atoms with Crippen LogP contribution < -0.4 is 10.1 Å². The van der Waals surface area contributed by atoms with Crippen molar-refractivity contribution in [3.8, 4) is 5.75 Å². The fourth-order valence-electron chi connectivity index (χ4n) is 2.81. The van der Waals surface area contributed by atoms with Gasteiger partial charge in [0.15, 0.2) is 6.10 Å². The second kappa shape index (κ2) is 7.92. The summed E-state index contributed by atoms with van der Waals surface area (Å²) in [6.45, 7) is 11.9. The zero-order valence-corrected chi connectivity index (χ0v) is 16.5. The van der Waals surface area contributed by atoms with Gasteiger partial charge in [-0.3, -0.25) is 4.79 Å². The van der Waals surface area contributed by atoms with Crippen LogP contribution >= 0.6 is 11.6 Å². The number of benzene rings is 2. The van der Waals surface area contributed by atoms with Gasteiger partial charge in [0.05, 0.1) is 6.04 Å². The molecule has 0 unspecified atom stereocenters. The van der Waals surface area contributed by atoms with Gasteiger partial charge in [0.1, 0.15) is 5.75 Å². The molecule has 2 aromatic carbocycles. The number of ether oxygens (including phenoxy) is 1. The minimum absolute atomic E-state index is 0.0789. The third-order valence-corrected chi connectivity index (χ3v) is 4.94. The molecule has 1 N–H and O–H groups in total. The minimum atomic E-state index is -0.588. The van der Waals surface area contributed by atoms with Gasteiger partial charge in [-0.1, -0.05) is 23.7 Å². The molecule has 25 heavy (non-hydrogen) atoms. The molecule has 2 rings (SSSR count). The van der Waals surface area contributed by atoms with Crippen LogP contribution in [-0.2, 0) is 4.79 Å². The first kappa shape index (κ1) is 19.3. The second-order valence-electron chi connectivity index (χ2n) is 6.69. The lowest BCUT2D eigenvalue weighted by atomic mass is 9.96. The molecule has 0 saturated carbocycles. The molecule has 0 aliphatic carbocycles. The van der Waals surface area contributed by atoms with Crippen LogP contribution in [0.2, 0.25) is 5.02 Å². The van der Waals surface area contributed by atoms with Crippen molar-refractivity contribution in [1.29, 1.82) is 0 Å². The Bertz CT molecular complexity index is 786. The van der Waals surface area contributed by atoms with Gasteiger partial charge in [-0.2, -0.15) is 0 Å². The van der Waals surface area contributed by atoms with E-state index in [4.69, 9.17) is 16.3 Å². The molecule has 0 radical (unpaired) electrons. The molecule has 2 aromatic rings. The van der Waals surface area contributed by atoms with Crippen molar-refractivity contribution in [3.05, 3.63) is 63.2 Å². The zero-order chi connectivity index (χ0) is 18.7. The molecule has 2 atom stereocenters. The molecule has 0 aliphatic heterocycles. The minimum Gasteiger partial charge on any atom is -0.481 e. The van der Waals surface area contributed by atoms with E-state index in [-0.39, 0.29) is 11.9 Å². The normalized spacial score (nSPS) is 13.2. The van der Waals surface area contributed by atoms with Gasteiger partial charge in [0, 0.05) is 5.02 Å². The summed E-state index contributed by atoms with van der Waals surface area (Å²) < 4.78 is 5.75. The van der Waals surface area contributed by atoms with E-state index >= 15 is 0 Å². The van der Waals surface area contributed by atoms with E-state index in [2.05, 4.69) is 38.2 Å². The number of halogens is 1. The highest BCUT2D eigenvalue weighted by Gasteiger charge is 2.19. The first-order valence-electron chi connectivity index (χ1n) is 8.50. The lowest BCUT2D eigenvalue weighted by molar-refractivity contribution is -0.127. The summed E-state index contributed by atoms with van der Waals surface area (Å²) >= 11 is 6.02. The van der Waals surface area contributed by atoms with Crippen LogP contribution in [0.5, 0.6) is 5.75 Å². The van der Waals surface area contributed by atoms with E-state index in [1.807, 2.05) is 19.9 Å². The molecule has 0 aliphatic rings. The van der Waals surface area contributed by atoms with Crippen LogP contribution in [0.15, 0.2) is 30.3 Å². The predicted molar refractivity (Wildman–Crippen MR) is 103 cm³/mol. The van der Waals surface area contributed by atoms with Crippen molar-refractivity contribution in [2.75, 3.05) is 0 Å². The molecule has 0 spiro atoms. The number of nitrogens with one attached hydrogen (secondary N) is 1. The van der Waals surface area contributed by atoms with Gasteiger partial charge in [0.2, 0.25) is 0 Å². The van der Waals surface area contributed by atoms with Crippen LogP contribution in [0.25, 0.3) is 0 Å². The highest BCUT2D eigenvalue weighted by atomic mass is 35.5. The number of hydrogen-bond acceptors (Lipinski definition) is 2. The SMILES string of the molecule is Cc1cc(C)c([C@@H](C)NC(=O)[C@H](C)Oc2ccc(Cl)c(C)c2)cc1C. The first-order valence-corrected chi connectivity index (χ1v) is 8.87. The Morgan fingerprint density at radius 3 is 2.24 bits per heavy atom. The van der Waals surface area contributed by atoms with E-state index in [1.54, 1.807) is 19.1 Å². The number of hydrogen-bond donors (Lipinski definition) is 1. The fourth-order valence-corrected chi connectivity index (χ4v) is 2.92. The van der Waals surface area contributed by atoms with Gasteiger partial charge in [-0.25, -0.2) is 0 Å². The number of carbonyl (C=O) groups is 1. The first-order chi connectivity index (χ1) is 11.7. The predicted octanol–water partition coefficient (Wildman–Crippen LogP) is 5.22. The Hall–Kier alpha value is -2.00. The quantitative estimate of drug-likeness (QED) is 0.794. The van der Waals surface area contributed by atoms with Crippen molar-refractivity contribution in [2.45, 2.75) is 53.7 Å². The van der Waals surface area contributed by atoms with E-state index < -0.39 is 6.10 Å². The molecule has 0 bridgehead atoms. The molecule has 0 aromatic heterocycles. The lowest BCUT2D eigenvalue weighted by Crippen LogP contribution is -2.38. The summed E-state index contributed by atoms with van der Waals surface area (Å²) in [5, 5.41) is 3.72. The number of carbonyl (C=O) groups excluding carboxylic acids is 1. The Kier molecular flexibility index (Phi) is 6.12. The van der Waals surface area contributed by atoms with Crippen molar-refractivity contribution >= 4 is 17.5 Å². The second-order valence-corrected chi connectivity index (χ2v) is 7.10. The summed E-state index contributed by atoms with van der Waals surface area (Å²) in [5.74, 6) is 0.497. The van der Waals surface area contributed by atoms with Crippen LogP contribution in [0.3, 0.4) is 0 Å². The smallest absolute Gasteiger partial charge is 0.261 e. The highest BCUT2D eigenvalue weighted by molar-refractivity contribution is 6.31. The monoisotopic (exact) mass is 359 g/mol. The van der Waals surface area contributed by atoms with Crippen molar-refractivity contribution in [3.63, 3.8) is 0 Å². The summed E-state index contributed by atoms with van der Waals surface area (Å²) in [7, 11) is 0. The standard InChI is InChI=1S/C21H26ClNO2/c1-12-9-14(3)19(11-13(12)2)16(5)23-21(24)17(6)25-18-7-8-20(22)15(4)10-18/h7-11,16-17H,1-6H3,(H,23,24)/t16-,17+/m1/s1. The van der Waals surface area contributed by atoms with Crippen LogP contribution in [0, 0.1) is 27.7 Å². The zero-order valence-electron chi connectivity index (χ0n) is 15.7. The van der Waals surface area contributed by atoms with Crippen LogP contribution in [-0.4, -0.2) is 12.0 Å². The Labute approximate surface area is 155 Å². The highest BCUT2D eigenvalue weighted by Crippen LogP contribution is 2.23. The molecular formula is C21H26ClNO2. The van der Waals surface area contributed by atoms with Crippen molar-refractivity contribution < 1.29 is 9.53 Å². The third-order valence-electron chi connectivity index (χ3n) is 4.52. The summed E-state index contributed by atoms with van der Waals surface area (Å²) in [6, 6.07) is 9.61. The largest absolute Gasteiger partial charge is 0.481 e. The Balaban J connectivity index is 2.05. The van der Waals surface area contributed by atoms with E-state index in [1.165, 1.54) is 16.7 Å². The topological polar surface area (TPSA) is 38.3 Å². The molecule has 4 heteroatoms. The van der Waals surface area contributed by atoms with Gasteiger partial charge in [0.25, 0.3) is 5.91 Å². The number of rotatable bonds is 5. The Morgan fingerprint density at radius 2 is 1.60 bits per heavy atom. The van der Waals surface area contributed by atoms with Gasteiger partial charge in [-0.15, -0.1) is 0 Å². The van der Waals surface area contributed by atoms with Crippen molar-refractivity contribution in [1.82, 2.24) is 5.32 Å². The van der Waals surface area contributed by atoms with E-state index in [0.717, 1.165) is 11.1 Å². The van der Waals surface area contributed by atoms with E-state index in [9.17, 15) is 4.79 Å².